The van der Waals surface area contributed by atoms with Gasteiger partial charge in [0.25, 0.3) is 0 Å². The fourth-order valence-electron chi connectivity index (χ4n) is 4.24. The van der Waals surface area contributed by atoms with Crippen LogP contribution in [0.5, 0.6) is 11.5 Å². The monoisotopic (exact) mass is 494 g/mol. The highest BCUT2D eigenvalue weighted by molar-refractivity contribution is 6.12. The van der Waals surface area contributed by atoms with Gasteiger partial charge in [0, 0.05) is 21.5 Å². The SMILES string of the molecule is CCCCCOC(=O)COc1c2ccccc2c(OCC(=O)OCCCCC)c2c(CC)cccc12. The lowest BCUT2D eigenvalue weighted by Gasteiger charge is -2.19. The second-order valence-corrected chi connectivity index (χ2v) is 8.83. The van der Waals surface area contributed by atoms with Crippen molar-refractivity contribution in [1.82, 2.24) is 0 Å². The third kappa shape index (κ3) is 7.12. The van der Waals surface area contributed by atoms with E-state index in [-0.39, 0.29) is 25.2 Å². The lowest BCUT2D eigenvalue weighted by Crippen LogP contribution is -2.17. The smallest absolute Gasteiger partial charge is 0.344 e. The number of benzene rings is 3. The maximum Gasteiger partial charge on any atom is 0.344 e. The minimum atomic E-state index is -0.388. The first-order valence-corrected chi connectivity index (χ1v) is 13.1. The molecule has 0 saturated carbocycles. The normalized spacial score (nSPS) is 11.0. The molecule has 0 aromatic heterocycles. The summed E-state index contributed by atoms with van der Waals surface area (Å²) in [5.41, 5.74) is 1.07. The van der Waals surface area contributed by atoms with E-state index in [0.717, 1.165) is 72.1 Å². The van der Waals surface area contributed by atoms with Crippen LogP contribution in [0.25, 0.3) is 21.5 Å². The van der Waals surface area contributed by atoms with Crippen molar-refractivity contribution in [3.05, 3.63) is 48.0 Å². The number of aryl methyl sites for hydroxylation is 1. The van der Waals surface area contributed by atoms with Crippen molar-refractivity contribution >= 4 is 33.5 Å². The molecule has 194 valence electrons. The highest BCUT2D eigenvalue weighted by Crippen LogP contribution is 2.44. The quantitative estimate of drug-likeness (QED) is 0.132. The third-order valence-corrected chi connectivity index (χ3v) is 6.11. The van der Waals surface area contributed by atoms with Gasteiger partial charge in [-0.2, -0.15) is 0 Å². The molecule has 0 radical (unpaired) electrons. The van der Waals surface area contributed by atoms with E-state index >= 15 is 0 Å². The second kappa shape index (κ2) is 14.3. The summed E-state index contributed by atoms with van der Waals surface area (Å²) in [5, 5.41) is 3.33. The van der Waals surface area contributed by atoms with Crippen LogP contribution in [0, 0.1) is 0 Å². The topological polar surface area (TPSA) is 71.1 Å². The van der Waals surface area contributed by atoms with Crippen LogP contribution in [0.4, 0.5) is 0 Å². The number of carbonyl (C=O) groups excluding carboxylic acids is 2. The van der Waals surface area contributed by atoms with Crippen molar-refractivity contribution in [2.45, 2.75) is 65.7 Å². The molecular formula is C30H38O6. The Morgan fingerprint density at radius 1 is 0.639 bits per heavy atom. The molecule has 0 aliphatic heterocycles. The molecule has 6 heteroatoms. The highest BCUT2D eigenvalue weighted by Gasteiger charge is 2.20. The lowest BCUT2D eigenvalue weighted by atomic mass is 9.96. The van der Waals surface area contributed by atoms with Gasteiger partial charge in [0.15, 0.2) is 13.2 Å². The van der Waals surface area contributed by atoms with Crippen molar-refractivity contribution in [2.75, 3.05) is 26.4 Å². The van der Waals surface area contributed by atoms with Crippen LogP contribution < -0.4 is 9.47 Å². The Morgan fingerprint density at radius 2 is 1.17 bits per heavy atom. The van der Waals surface area contributed by atoms with Crippen molar-refractivity contribution in [3.63, 3.8) is 0 Å². The third-order valence-electron chi connectivity index (χ3n) is 6.11. The molecule has 6 nitrogen and oxygen atoms in total. The molecule has 0 bridgehead atoms. The molecule has 0 amide bonds. The fraction of sp³-hybridized carbons (Fsp3) is 0.467. The van der Waals surface area contributed by atoms with Gasteiger partial charge in [-0.15, -0.1) is 0 Å². The van der Waals surface area contributed by atoms with E-state index < -0.39 is 0 Å². The summed E-state index contributed by atoms with van der Waals surface area (Å²) in [4.78, 5) is 24.7. The van der Waals surface area contributed by atoms with Gasteiger partial charge < -0.3 is 18.9 Å². The van der Waals surface area contributed by atoms with E-state index in [2.05, 4.69) is 20.8 Å². The minimum absolute atomic E-state index is 0.173. The first kappa shape index (κ1) is 27.3. The average Bonchev–Trinajstić information content (AvgIpc) is 2.90. The summed E-state index contributed by atoms with van der Waals surface area (Å²) in [6.45, 7) is 6.74. The molecule has 0 saturated heterocycles. The van der Waals surface area contributed by atoms with Gasteiger partial charge in [-0.1, -0.05) is 88.9 Å². The Kier molecular flexibility index (Phi) is 10.9. The fourth-order valence-corrected chi connectivity index (χ4v) is 4.24. The lowest BCUT2D eigenvalue weighted by molar-refractivity contribution is -0.147. The van der Waals surface area contributed by atoms with Gasteiger partial charge in [0.1, 0.15) is 11.5 Å². The average molecular weight is 495 g/mol. The summed E-state index contributed by atoms with van der Waals surface area (Å²) in [7, 11) is 0. The molecule has 3 rings (SSSR count). The number of ether oxygens (including phenoxy) is 4. The molecule has 3 aromatic carbocycles. The van der Waals surface area contributed by atoms with Crippen LogP contribution in [-0.2, 0) is 25.5 Å². The van der Waals surface area contributed by atoms with E-state index in [1.165, 1.54) is 0 Å². The van der Waals surface area contributed by atoms with E-state index in [9.17, 15) is 9.59 Å². The zero-order valence-corrected chi connectivity index (χ0v) is 21.8. The second-order valence-electron chi connectivity index (χ2n) is 8.83. The van der Waals surface area contributed by atoms with Crippen molar-refractivity contribution < 1.29 is 28.5 Å². The maximum atomic E-state index is 12.4. The summed E-state index contributed by atoms with van der Waals surface area (Å²) in [5.74, 6) is 0.457. The molecule has 0 atom stereocenters. The Balaban J connectivity index is 1.91. The van der Waals surface area contributed by atoms with Gasteiger partial charge >= 0.3 is 11.9 Å². The van der Waals surface area contributed by atoms with Crippen molar-refractivity contribution in [3.8, 4) is 11.5 Å². The van der Waals surface area contributed by atoms with Gasteiger partial charge in [-0.3, -0.25) is 0 Å². The zero-order valence-electron chi connectivity index (χ0n) is 21.8. The predicted octanol–water partition coefficient (Wildman–Crippen LogP) is 6.78. The summed E-state index contributed by atoms with van der Waals surface area (Å²) in [6.07, 6.45) is 6.65. The molecule has 0 unspecified atom stereocenters. The van der Waals surface area contributed by atoms with Crippen LogP contribution >= 0.6 is 0 Å². The van der Waals surface area contributed by atoms with Crippen molar-refractivity contribution in [1.29, 1.82) is 0 Å². The Hall–Kier alpha value is -3.28. The minimum Gasteiger partial charge on any atom is -0.481 e. The summed E-state index contributed by atoms with van der Waals surface area (Å²) in [6, 6.07) is 13.7. The van der Waals surface area contributed by atoms with E-state index in [4.69, 9.17) is 18.9 Å². The number of esters is 2. The number of hydrogen-bond donors (Lipinski definition) is 0. The Morgan fingerprint density at radius 3 is 1.72 bits per heavy atom. The van der Waals surface area contributed by atoms with Gasteiger partial charge in [-0.25, -0.2) is 9.59 Å². The van der Waals surface area contributed by atoms with Crippen LogP contribution in [-0.4, -0.2) is 38.4 Å². The standard InChI is InChI=1S/C30H38O6/c1-4-7-11-18-33-26(31)20-35-29-23-15-9-10-16-24(23)30(28-22(6-3)14-13-17-25(28)29)36-21-27(32)34-19-12-8-5-2/h9-10,13-17H,4-8,11-12,18-21H2,1-3H3. The van der Waals surface area contributed by atoms with Crippen molar-refractivity contribution in [2.24, 2.45) is 0 Å². The van der Waals surface area contributed by atoms with Crippen LogP contribution in [0.2, 0.25) is 0 Å². The molecule has 36 heavy (non-hydrogen) atoms. The molecule has 0 spiro atoms. The highest BCUT2D eigenvalue weighted by atomic mass is 16.6. The molecule has 0 aliphatic carbocycles. The Bertz CT molecular complexity index is 1150. The Labute approximate surface area is 213 Å². The summed E-state index contributed by atoms with van der Waals surface area (Å²) >= 11 is 0. The zero-order chi connectivity index (χ0) is 25.8. The number of hydrogen-bond acceptors (Lipinski definition) is 6. The molecule has 0 N–H and O–H groups in total. The first-order chi connectivity index (χ1) is 17.6. The van der Waals surface area contributed by atoms with E-state index in [1.54, 1.807) is 0 Å². The molecular weight excluding hydrogens is 456 g/mol. The largest absolute Gasteiger partial charge is 0.481 e. The number of unbranched alkanes of at least 4 members (excludes halogenated alkanes) is 4. The number of rotatable bonds is 15. The van der Waals surface area contributed by atoms with Crippen LogP contribution in [0.3, 0.4) is 0 Å². The molecule has 0 heterocycles. The van der Waals surface area contributed by atoms with E-state index in [1.807, 2.05) is 42.5 Å². The molecule has 3 aromatic rings. The summed E-state index contributed by atoms with van der Waals surface area (Å²) < 4.78 is 22.9. The molecule has 0 fully saturated rings. The van der Waals surface area contributed by atoms with Gasteiger partial charge in [0.2, 0.25) is 0 Å². The molecule has 0 aliphatic rings. The maximum absolute atomic E-state index is 12.4. The number of fused-ring (bicyclic) bond motifs is 2. The first-order valence-electron chi connectivity index (χ1n) is 13.1. The van der Waals surface area contributed by atoms with Crippen LogP contribution in [0.1, 0.15) is 64.9 Å². The van der Waals surface area contributed by atoms with Crippen LogP contribution in [0.15, 0.2) is 42.5 Å². The van der Waals surface area contributed by atoms with Gasteiger partial charge in [-0.05, 0) is 24.8 Å². The van der Waals surface area contributed by atoms with Gasteiger partial charge in [0.05, 0.1) is 13.2 Å². The van der Waals surface area contributed by atoms with E-state index in [0.29, 0.717) is 24.7 Å². The number of carbonyl (C=O) groups is 2. The predicted molar refractivity (Wildman–Crippen MR) is 143 cm³/mol.